The second-order valence-electron chi connectivity index (χ2n) is 4.53. The Bertz CT molecular complexity index is 701. The summed E-state index contributed by atoms with van der Waals surface area (Å²) in [6, 6.07) is 4.15. The van der Waals surface area contributed by atoms with Crippen LogP contribution in [0.1, 0.15) is 24.8 Å². The predicted molar refractivity (Wildman–Crippen MR) is 69.9 cm³/mol. The fraction of sp³-hybridized carbons (Fsp3) is 0.333. The van der Waals surface area contributed by atoms with Gasteiger partial charge in [-0.15, -0.1) is 10.2 Å². The molecule has 8 heteroatoms. The normalized spacial score (nSPS) is 14.8. The van der Waals surface area contributed by atoms with E-state index in [0.29, 0.717) is 29.3 Å². The lowest BCUT2D eigenvalue weighted by molar-refractivity contribution is 0.390. The molecule has 1 aliphatic rings. The van der Waals surface area contributed by atoms with Gasteiger partial charge in [0.15, 0.2) is 10.9 Å². The van der Waals surface area contributed by atoms with E-state index in [0.717, 1.165) is 5.16 Å². The van der Waals surface area contributed by atoms with E-state index in [9.17, 15) is 0 Å². The van der Waals surface area contributed by atoms with E-state index < -0.39 is 0 Å². The molecule has 0 atom stereocenters. The van der Waals surface area contributed by atoms with Crippen LogP contribution in [0.3, 0.4) is 0 Å². The van der Waals surface area contributed by atoms with Gasteiger partial charge in [-0.25, -0.2) is 0 Å². The van der Waals surface area contributed by atoms with Crippen molar-refractivity contribution in [3.05, 3.63) is 30.6 Å². The Morgan fingerprint density at radius 3 is 3.15 bits per heavy atom. The van der Waals surface area contributed by atoms with E-state index in [1.54, 1.807) is 36.5 Å². The minimum absolute atomic E-state index is 0.467. The summed E-state index contributed by atoms with van der Waals surface area (Å²) in [5.41, 5.74) is 0. The Morgan fingerprint density at radius 1 is 1.40 bits per heavy atom. The van der Waals surface area contributed by atoms with Crippen LogP contribution in [0, 0.1) is 0 Å². The molecule has 20 heavy (non-hydrogen) atoms. The molecule has 1 fully saturated rings. The predicted octanol–water partition coefficient (Wildman–Crippen LogP) is 2.55. The number of thioether (sulfide) groups is 1. The standard InChI is InChI=1S/C12H11N5O2S/c1-2-9(18-5-1)11-14-10(19-16-11)6-20-12-15-13-7-17(12)8-3-4-8/h1-2,5,7-8H,3-4,6H2. The highest BCUT2D eigenvalue weighted by Crippen LogP contribution is 2.37. The van der Waals surface area contributed by atoms with Gasteiger partial charge in [0.2, 0.25) is 11.7 Å². The van der Waals surface area contributed by atoms with E-state index in [1.165, 1.54) is 12.8 Å². The molecule has 0 aliphatic heterocycles. The number of furan rings is 1. The molecule has 0 spiro atoms. The first kappa shape index (κ1) is 11.7. The van der Waals surface area contributed by atoms with Crippen LogP contribution in [0.2, 0.25) is 0 Å². The zero-order valence-electron chi connectivity index (χ0n) is 10.5. The van der Waals surface area contributed by atoms with Crippen LogP contribution < -0.4 is 0 Å². The first-order chi connectivity index (χ1) is 9.90. The lowest BCUT2D eigenvalue weighted by atomic mass is 10.4. The molecule has 0 amide bonds. The fourth-order valence-electron chi connectivity index (χ4n) is 1.88. The number of hydrogen-bond acceptors (Lipinski definition) is 7. The van der Waals surface area contributed by atoms with Crippen LogP contribution in [-0.2, 0) is 5.75 Å². The summed E-state index contributed by atoms with van der Waals surface area (Å²) in [7, 11) is 0. The Kier molecular flexibility index (Phi) is 2.80. The highest BCUT2D eigenvalue weighted by Gasteiger charge is 2.26. The monoisotopic (exact) mass is 289 g/mol. The van der Waals surface area contributed by atoms with Crippen molar-refractivity contribution in [1.82, 2.24) is 24.9 Å². The van der Waals surface area contributed by atoms with Crippen molar-refractivity contribution in [3.8, 4) is 11.6 Å². The Labute approximate surface area is 118 Å². The van der Waals surface area contributed by atoms with E-state index >= 15 is 0 Å². The number of hydrogen-bond donors (Lipinski definition) is 0. The molecule has 102 valence electrons. The molecule has 4 rings (SSSR count). The molecule has 7 nitrogen and oxygen atoms in total. The van der Waals surface area contributed by atoms with Gasteiger partial charge in [0.05, 0.1) is 12.0 Å². The van der Waals surface area contributed by atoms with Crippen LogP contribution in [-0.4, -0.2) is 24.9 Å². The average Bonchev–Trinajstić information content (AvgIpc) is 2.93. The topological polar surface area (TPSA) is 82.8 Å². The Balaban J connectivity index is 1.45. The lowest BCUT2D eigenvalue weighted by Gasteiger charge is -2.01. The second kappa shape index (κ2) is 4.78. The first-order valence-corrected chi connectivity index (χ1v) is 7.27. The van der Waals surface area contributed by atoms with Crippen molar-refractivity contribution in [1.29, 1.82) is 0 Å². The summed E-state index contributed by atoms with van der Waals surface area (Å²) in [6.45, 7) is 0. The maximum absolute atomic E-state index is 5.22. The average molecular weight is 289 g/mol. The molecule has 0 unspecified atom stereocenters. The molecule has 1 aliphatic carbocycles. The van der Waals surface area contributed by atoms with Gasteiger partial charge in [-0.1, -0.05) is 16.9 Å². The summed E-state index contributed by atoms with van der Waals surface area (Å²) < 4.78 is 12.5. The molecule has 0 radical (unpaired) electrons. The molecule has 0 saturated heterocycles. The van der Waals surface area contributed by atoms with Gasteiger partial charge in [-0.3, -0.25) is 0 Å². The van der Waals surface area contributed by atoms with Crippen molar-refractivity contribution in [2.45, 2.75) is 29.8 Å². The minimum Gasteiger partial charge on any atom is -0.461 e. The molecule has 3 aromatic rings. The summed E-state index contributed by atoms with van der Waals surface area (Å²) in [5.74, 6) is 2.19. The maximum Gasteiger partial charge on any atom is 0.238 e. The highest BCUT2D eigenvalue weighted by molar-refractivity contribution is 7.98. The van der Waals surface area contributed by atoms with Crippen molar-refractivity contribution in [3.63, 3.8) is 0 Å². The number of aromatic nitrogens is 5. The zero-order chi connectivity index (χ0) is 13.4. The van der Waals surface area contributed by atoms with Gasteiger partial charge in [-0.05, 0) is 25.0 Å². The summed E-state index contributed by atoms with van der Waals surface area (Å²) in [6.07, 6.45) is 5.77. The molecule has 0 aromatic carbocycles. The second-order valence-corrected chi connectivity index (χ2v) is 5.47. The van der Waals surface area contributed by atoms with E-state index in [-0.39, 0.29) is 0 Å². The summed E-state index contributed by atoms with van der Waals surface area (Å²) in [4.78, 5) is 4.29. The first-order valence-electron chi connectivity index (χ1n) is 6.29. The number of rotatable bonds is 5. The van der Waals surface area contributed by atoms with Crippen LogP contribution in [0.15, 0.2) is 38.8 Å². The fourth-order valence-corrected chi connectivity index (χ4v) is 2.70. The Morgan fingerprint density at radius 2 is 2.35 bits per heavy atom. The third-order valence-electron chi connectivity index (χ3n) is 3.01. The minimum atomic E-state index is 0.467. The largest absolute Gasteiger partial charge is 0.461 e. The maximum atomic E-state index is 5.22. The van der Waals surface area contributed by atoms with E-state index in [1.807, 2.05) is 0 Å². The van der Waals surface area contributed by atoms with Crippen molar-refractivity contribution < 1.29 is 8.94 Å². The molecule has 0 N–H and O–H groups in total. The van der Waals surface area contributed by atoms with Gasteiger partial charge >= 0.3 is 0 Å². The third-order valence-corrected chi connectivity index (χ3v) is 3.96. The van der Waals surface area contributed by atoms with Gasteiger partial charge in [0.25, 0.3) is 0 Å². The molecular weight excluding hydrogens is 278 g/mol. The molecule has 1 saturated carbocycles. The smallest absolute Gasteiger partial charge is 0.238 e. The van der Waals surface area contributed by atoms with Crippen molar-refractivity contribution in [2.24, 2.45) is 0 Å². The van der Waals surface area contributed by atoms with Gasteiger partial charge in [0.1, 0.15) is 6.33 Å². The molecule has 3 heterocycles. The SMILES string of the molecule is c1coc(-c2noc(CSc3nncn3C3CC3)n2)c1. The number of nitrogens with zero attached hydrogens (tertiary/aromatic N) is 5. The third kappa shape index (κ3) is 2.22. The summed E-state index contributed by atoms with van der Waals surface area (Å²) in [5, 5.41) is 12.9. The highest BCUT2D eigenvalue weighted by atomic mass is 32.2. The Hall–Kier alpha value is -2.09. The van der Waals surface area contributed by atoms with Gasteiger partial charge in [-0.2, -0.15) is 4.98 Å². The van der Waals surface area contributed by atoms with Crippen LogP contribution in [0.5, 0.6) is 0 Å². The lowest BCUT2D eigenvalue weighted by Crippen LogP contribution is -1.94. The van der Waals surface area contributed by atoms with E-state index in [2.05, 4.69) is 24.9 Å². The molecular formula is C12H11N5O2S. The van der Waals surface area contributed by atoms with Gasteiger partial charge in [0, 0.05) is 6.04 Å². The quantitative estimate of drug-likeness (QED) is 0.667. The van der Waals surface area contributed by atoms with Crippen molar-refractivity contribution in [2.75, 3.05) is 0 Å². The summed E-state index contributed by atoms with van der Waals surface area (Å²) >= 11 is 1.55. The zero-order valence-corrected chi connectivity index (χ0v) is 11.3. The van der Waals surface area contributed by atoms with Gasteiger partial charge < -0.3 is 13.5 Å². The van der Waals surface area contributed by atoms with E-state index in [4.69, 9.17) is 8.94 Å². The van der Waals surface area contributed by atoms with Crippen molar-refractivity contribution >= 4 is 11.8 Å². The molecule has 3 aromatic heterocycles. The van der Waals surface area contributed by atoms with Crippen LogP contribution in [0.4, 0.5) is 0 Å². The van der Waals surface area contributed by atoms with Crippen LogP contribution >= 0.6 is 11.8 Å². The molecule has 0 bridgehead atoms. The van der Waals surface area contributed by atoms with Crippen LogP contribution in [0.25, 0.3) is 11.6 Å².